The smallest absolute Gasteiger partial charge is 0.267 e. The molecular weight excluding hydrogens is 437 g/mol. The number of hydrogen-bond acceptors (Lipinski definition) is 5. The van der Waals surface area contributed by atoms with Gasteiger partial charge < -0.3 is 4.90 Å². The van der Waals surface area contributed by atoms with Crippen LogP contribution in [0.1, 0.15) is 5.56 Å². The lowest BCUT2D eigenvalue weighted by Crippen LogP contribution is -2.48. The Morgan fingerprint density at radius 1 is 1.03 bits per heavy atom. The molecule has 10 heteroatoms. The summed E-state index contributed by atoms with van der Waals surface area (Å²) in [4.78, 5) is 13.3. The van der Waals surface area contributed by atoms with E-state index in [0.29, 0.717) is 41.8 Å². The van der Waals surface area contributed by atoms with Crippen LogP contribution in [0, 0.1) is 0 Å². The molecule has 2 N–H and O–H groups in total. The molecular formula is C19H19Cl2N3O4S. The van der Waals surface area contributed by atoms with Crippen LogP contribution in [0.15, 0.2) is 53.4 Å². The summed E-state index contributed by atoms with van der Waals surface area (Å²) in [6, 6.07) is 11.6. The lowest BCUT2D eigenvalue weighted by molar-refractivity contribution is -0.124. The number of piperazine rings is 1. The molecule has 0 atom stereocenters. The lowest BCUT2D eigenvalue weighted by atomic mass is 10.2. The first kappa shape index (κ1) is 21.6. The molecule has 1 heterocycles. The molecule has 154 valence electrons. The molecule has 7 nitrogen and oxygen atoms in total. The molecule has 1 aliphatic heterocycles. The molecule has 0 bridgehead atoms. The third kappa shape index (κ3) is 5.09. The lowest BCUT2D eigenvalue weighted by Gasteiger charge is -2.35. The third-order valence-electron chi connectivity index (χ3n) is 4.54. The summed E-state index contributed by atoms with van der Waals surface area (Å²) < 4.78 is 27.4. The molecule has 0 aromatic heterocycles. The van der Waals surface area contributed by atoms with Crippen molar-refractivity contribution in [1.82, 2.24) is 9.79 Å². The summed E-state index contributed by atoms with van der Waals surface area (Å²) in [5, 5.41) is 9.46. The number of nitrogens with zero attached hydrogens (tertiary/aromatic N) is 2. The number of amides is 1. The highest BCUT2D eigenvalue weighted by Crippen LogP contribution is 2.28. The van der Waals surface area contributed by atoms with Crippen LogP contribution in [0.3, 0.4) is 0 Å². The maximum Gasteiger partial charge on any atom is 0.267 e. The summed E-state index contributed by atoms with van der Waals surface area (Å²) in [5.41, 5.74) is 2.91. The predicted molar refractivity (Wildman–Crippen MR) is 113 cm³/mol. The van der Waals surface area contributed by atoms with E-state index >= 15 is 0 Å². The first-order chi connectivity index (χ1) is 13.8. The van der Waals surface area contributed by atoms with Gasteiger partial charge in [-0.2, -0.15) is 4.31 Å². The van der Waals surface area contributed by atoms with E-state index in [2.05, 4.69) is 4.90 Å². The largest absolute Gasteiger partial charge is 0.369 e. The molecule has 2 aromatic carbocycles. The third-order valence-corrected chi connectivity index (χ3v) is 7.17. The Bertz CT molecular complexity index is 1040. The monoisotopic (exact) mass is 455 g/mol. The Balaban J connectivity index is 1.72. The molecule has 0 spiro atoms. The minimum absolute atomic E-state index is 0.145. The zero-order chi connectivity index (χ0) is 21.0. The Kier molecular flexibility index (Phi) is 6.81. The number of benzene rings is 2. The molecule has 1 amide bonds. The molecule has 2 aromatic rings. The van der Waals surface area contributed by atoms with E-state index in [1.54, 1.807) is 24.3 Å². The van der Waals surface area contributed by atoms with Crippen LogP contribution in [0.5, 0.6) is 0 Å². The van der Waals surface area contributed by atoms with Crippen molar-refractivity contribution in [2.24, 2.45) is 0 Å². The topological polar surface area (TPSA) is 90.0 Å². The van der Waals surface area contributed by atoms with Gasteiger partial charge in [-0.05, 0) is 42.0 Å². The fourth-order valence-corrected chi connectivity index (χ4v) is 4.78. The number of anilines is 1. The number of halogens is 2. The van der Waals surface area contributed by atoms with Crippen LogP contribution in [-0.2, 0) is 14.8 Å². The van der Waals surface area contributed by atoms with Crippen LogP contribution in [0.2, 0.25) is 10.0 Å². The second-order valence-electron chi connectivity index (χ2n) is 6.37. The Labute approximate surface area is 179 Å². The van der Waals surface area contributed by atoms with E-state index < -0.39 is 15.9 Å². The summed E-state index contributed by atoms with van der Waals surface area (Å²) in [5.74, 6) is -0.698. The van der Waals surface area contributed by atoms with Gasteiger partial charge in [0.15, 0.2) is 0 Å². The Morgan fingerprint density at radius 2 is 1.76 bits per heavy atom. The second kappa shape index (κ2) is 9.15. The molecule has 0 aliphatic carbocycles. The minimum atomic E-state index is -3.67. The molecule has 0 radical (unpaired) electrons. The van der Waals surface area contributed by atoms with Crippen molar-refractivity contribution in [3.05, 3.63) is 64.1 Å². The molecule has 0 saturated carbocycles. The molecule has 1 aliphatic rings. The van der Waals surface area contributed by atoms with Crippen LogP contribution >= 0.6 is 23.2 Å². The van der Waals surface area contributed by atoms with E-state index in [-0.39, 0.29) is 4.90 Å². The van der Waals surface area contributed by atoms with Gasteiger partial charge in [0.1, 0.15) is 0 Å². The number of carbonyl (C=O) groups excluding carboxylic acids is 1. The van der Waals surface area contributed by atoms with Crippen LogP contribution < -0.4 is 10.4 Å². The molecule has 3 rings (SSSR count). The highest BCUT2D eigenvalue weighted by Gasteiger charge is 2.28. The fourth-order valence-electron chi connectivity index (χ4n) is 3.01. The number of rotatable bonds is 5. The fraction of sp³-hybridized carbons (Fsp3) is 0.211. The van der Waals surface area contributed by atoms with Crippen molar-refractivity contribution in [3.8, 4) is 0 Å². The van der Waals surface area contributed by atoms with Crippen molar-refractivity contribution >= 4 is 50.9 Å². The zero-order valence-electron chi connectivity index (χ0n) is 15.3. The number of hydrogen-bond donors (Lipinski definition) is 2. The van der Waals surface area contributed by atoms with Gasteiger partial charge in [-0.3, -0.25) is 10.0 Å². The molecule has 1 fully saturated rings. The van der Waals surface area contributed by atoms with E-state index in [4.69, 9.17) is 28.4 Å². The van der Waals surface area contributed by atoms with Gasteiger partial charge in [0.05, 0.1) is 14.9 Å². The van der Waals surface area contributed by atoms with E-state index in [0.717, 1.165) is 11.8 Å². The number of nitrogens with one attached hydrogen (secondary N) is 1. The number of carbonyl (C=O) groups is 1. The van der Waals surface area contributed by atoms with Crippen molar-refractivity contribution in [1.29, 1.82) is 0 Å². The number of sulfonamides is 1. The minimum Gasteiger partial charge on any atom is -0.369 e. The van der Waals surface area contributed by atoms with Crippen LogP contribution in [-0.4, -0.2) is 50.0 Å². The van der Waals surface area contributed by atoms with Crippen LogP contribution in [0.4, 0.5) is 5.69 Å². The van der Waals surface area contributed by atoms with Gasteiger partial charge in [0.25, 0.3) is 5.91 Å². The summed E-state index contributed by atoms with van der Waals surface area (Å²) in [6.45, 7) is 1.70. The van der Waals surface area contributed by atoms with Gasteiger partial charge >= 0.3 is 0 Å². The quantitative estimate of drug-likeness (QED) is 0.410. The van der Waals surface area contributed by atoms with Crippen molar-refractivity contribution in [2.45, 2.75) is 4.90 Å². The molecule has 1 saturated heterocycles. The van der Waals surface area contributed by atoms with Gasteiger partial charge in [0.2, 0.25) is 10.0 Å². The number of hydroxylamine groups is 1. The van der Waals surface area contributed by atoms with Crippen molar-refractivity contribution in [2.75, 3.05) is 31.1 Å². The summed E-state index contributed by atoms with van der Waals surface area (Å²) >= 11 is 12.0. The molecule has 29 heavy (non-hydrogen) atoms. The Hall–Kier alpha value is -2.10. The van der Waals surface area contributed by atoms with Crippen molar-refractivity contribution < 1.29 is 18.4 Å². The second-order valence-corrected chi connectivity index (χ2v) is 9.12. The van der Waals surface area contributed by atoms with E-state index in [1.165, 1.54) is 28.0 Å². The normalized spacial score (nSPS) is 15.6. The zero-order valence-corrected chi connectivity index (χ0v) is 17.6. The maximum atomic E-state index is 13.0. The van der Waals surface area contributed by atoms with E-state index in [1.807, 2.05) is 6.07 Å². The maximum absolute atomic E-state index is 13.0. The summed E-state index contributed by atoms with van der Waals surface area (Å²) in [6.07, 6.45) is 2.54. The Morgan fingerprint density at radius 3 is 2.41 bits per heavy atom. The highest BCUT2D eigenvalue weighted by atomic mass is 35.5. The summed E-state index contributed by atoms with van der Waals surface area (Å²) in [7, 11) is -3.67. The first-order valence-corrected chi connectivity index (χ1v) is 10.9. The predicted octanol–water partition coefficient (Wildman–Crippen LogP) is 3.02. The SMILES string of the molecule is O=C(/C=C/c1cccc(S(=O)(=O)N2CCN(c3ccc(Cl)c(Cl)c3)CC2)c1)NO. The van der Waals surface area contributed by atoms with Gasteiger partial charge in [-0.15, -0.1) is 0 Å². The first-order valence-electron chi connectivity index (χ1n) is 8.73. The average Bonchev–Trinajstić information content (AvgIpc) is 2.74. The van der Waals surface area contributed by atoms with Gasteiger partial charge in [-0.1, -0.05) is 35.3 Å². The average molecular weight is 456 g/mol. The van der Waals surface area contributed by atoms with Gasteiger partial charge in [0, 0.05) is 37.9 Å². The van der Waals surface area contributed by atoms with E-state index in [9.17, 15) is 13.2 Å². The highest BCUT2D eigenvalue weighted by molar-refractivity contribution is 7.89. The van der Waals surface area contributed by atoms with Crippen LogP contribution in [0.25, 0.3) is 6.08 Å². The standard InChI is InChI=1S/C19H19Cl2N3O4S/c20-17-6-5-15(13-18(17)21)23-8-10-24(11-9-23)29(27,28)16-3-1-2-14(12-16)4-7-19(25)22-26/h1-7,12-13,26H,8-11H2,(H,22,25)/b7-4+. The van der Waals surface area contributed by atoms with Crippen molar-refractivity contribution in [3.63, 3.8) is 0 Å². The van der Waals surface area contributed by atoms with Gasteiger partial charge in [-0.25, -0.2) is 13.9 Å². The molecule has 0 unspecified atom stereocenters.